The van der Waals surface area contributed by atoms with Gasteiger partial charge in [0.15, 0.2) is 0 Å². The van der Waals surface area contributed by atoms with Crippen LogP contribution in [0.2, 0.25) is 0 Å². The monoisotopic (exact) mass is 256 g/mol. The number of anilines is 1. The van der Waals surface area contributed by atoms with Gasteiger partial charge in [0.25, 0.3) is 0 Å². The molecule has 17 heavy (non-hydrogen) atoms. The van der Waals surface area contributed by atoms with Crippen molar-refractivity contribution in [2.75, 3.05) is 18.4 Å². The van der Waals surface area contributed by atoms with Crippen LogP contribution in [-0.4, -0.2) is 45.3 Å². The number of carboxylic acid groups (broad SMARTS) is 1. The first kappa shape index (κ1) is 11.8. The maximum atomic E-state index is 11.8. The number of piperidine rings is 1. The number of hydrogen-bond donors (Lipinski definition) is 2. The Bertz CT molecular complexity index is 408. The molecule has 1 aliphatic rings. The van der Waals surface area contributed by atoms with Crippen LogP contribution in [0.15, 0.2) is 5.51 Å². The number of nitrogens with zero attached hydrogens (tertiary/aromatic N) is 3. The van der Waals surface area contributed by atoms with E-state index >= 15 is 0 Å². The summed E-state index contributed by atoms with van der Waals surface area (Å²) >= 11 is 1.23. The number of rotatable bonds is 2. The summed E-state index contributed by atoms with van der Waals surface area (Å²) in [5, 5.41) is 19.2. The Morgan fingerprint density at radius 2 is 2.41 bits per heavy atom. The number of carbonyl (C=O) groups is 2. The third-order valence-electron chi connectivity index (χ3n) is 2.63. The number of aliphatic carboxylic acids is 1. The predicted molar refractivity (Wildman–Crippen MR) is 60.9 cm³/mol. The van der Waals surface area contributed by atoms with Crippen molar-refractivity contribution in [3.05, 3.63) is 5.51 Å². The molecule has 8 heteroatoms. The molecule has 0 radical (unpaired) electrons. The molecule has 1 aromatic rings. The third kappa shape index (κ3) is 2.90. The highest BCUT2D eigenvalue weighted by Crippen LogP contribution is 2.18. The summed E-state index contributed by atoms with van der Waals surface area (Å²) in [6.45, 7) is 0.828. The van der Waals surface area contributed by atoms with Gasteiger partial charge in [-0.2, -0.15) is 0 Å². The van der Waals surface area contributed by atoms with Crippen LogP contribution in [0.4, 0.5) is 9.93 Å². The van der Waals surface area contributed by atoms with Crippen LogP contribution in [0, 0.1) is 5.92 Å². The van der Waals surface area contributed by atoms with E-state index in [-0.39, 0.29) is 12.6 Å². The molecule has 1 fully saturated rings. The van der Waals surface area contributed by atoms with Crippen LogP contribution < -0.4 is 5.32 Å². The first-order valence-corrected chi connectivity index (χ1v) is 6.09. The van der Waals surface area contributed by atoms with Crippen molar-refractivity contribution in [3.8, 4) is 0 Å². The fourth-order valence-electron chi connectivity index (χ4n) is 1.76. The van der Waals surface area contributed by atoms with E-state index in [1.54, 1.807) is 0 Å². The lowest BCUT2D eigenvalue weighted by Crippen LogP contribution is -2.44. The van der Waals surface area contributed by atoms with Gasteiger partial charge in [0, 0.05) is 13.1 Å². The molecular weight excluding hydrogens is 244 g/mol. The summed E-state index contributed by atoms with van der Waals surface area (Å²) in [6, 6.07) is -0.312. The SMILES string of the molecule is O=C(O)[C@@H]1CCCN(C(=O)Nc2nncs2)C1. The standard InChI is InChI=1S/C9H12N4O3S/c14-7(15)6-2-1-3-13(4-6)9(16)11-8-12-10-5-17-8/h5-6H,1-4H2,(H,14,15)(H,11,12,16)/t6-/m1/s1. The molecule has 1 atom stereocenters. The van der Waals surface area contributed by atoms with Crippen molar-refractivity contribution in [3.63, 3.8) is 0 Å². The van der Waals surface area contributed by atoms with Crippen LogP contribution in [0.3, 0.4) is 0 Å². The maximum absolute atomic E-state index is 11.8. The summed E-state index contributed by atoms with van der Waals surface area (Å²) in [5.41, 5.74) is 1.52. The summed E-state index contributed by atoms with van der Waals surface area (Å²) in [5.74, 6) is -1.32. The summed E-state index contributed by atoms with van der Waals surface area (Å²) in [7, 11) is 0. The molecule has 2 amide bonds. The number of nitrogens with one attached hydrogen (secondary N) is 1. The number of amides is 2. The highest BCUT2D eigenvalue weighted by molar-refractivity contribution is 7.13. The predicted octanol–water partition coefficient (Wildman–Crippen LogP) is 0.867. The van der Waals surface area contributed by atoms with Crippen LogP contribution in [0.5, 0.6) is 0 Å². The summed E-state index contributed by atoms with van der Waals surface area (Å²) < 4.78 is 0. The van der Waals surface area contributed by atoms with Crippen LogP contribution in [-0.2, 0) is 4.79 Å². The van der Waals surface area contributed by atoms with E-state index in [1.165, 1.54) is 21.7 Å². The fraction of sp³-hybridized carbons (Fsp3) is 0.556. The molecule has 92 valence electrons. The van der Waals surface area contributed by atoms with Gasteiger partial charge in [-0.25, -0.2) is 4.79 Å². The van der Waals surface area contributed by atoms with E-state index in [0.717, 1.165) is 0 Å². The zero-order chi connectivity index (χ0) is 12.3. The van der Waals surface area contributed by atoms with E-state index in [4.69, 9.17) is 5.11 Å². The van der Waals surface area contributed by atoms with Crippen LogP contribution >= 0.6 is 11.3 Å². The fourth-order valence-corrected chi connectivity index (χ4v) is 2.20. The second-order valence-corrected chi connectivity index (χ2v) is 4.63. The van der Waals surface area contributed by atoms with Gasteiger partial charge in [-0.3, -0.25) is 10.1 Å². The molecule has 0 saturated carbocycles. The van der Waals surface area contributed by atoms with Gasteiger partial charge in [0.2, 0.25) is 5.13 Å². The van der Waals surface area contributed by atoms with E-state index in [9.17, 15) is 9.59 Å². The number of aromatic nitrogens is 2. The molecule has 1 aliphatic heterocycles. The van der Waals surface area contributed by atoms with Gasteiger partial charge in [-0.15, -0.1) is 10.2 Å². The Labute approximate surface area is 101 Å². The molecule has 1 saturated heterocycles. The normalized spacial score (nSPS) is 20.0. The van der Waals surface area contributed by atoms with Crippen molar-refractivity contribution < 1.29 is 14.7 Å². The summed E-state index contributed by atoms with van der Waals surface area (Å²) in [6.07, 6.45) is 1.33. The van der Waals surface area contributed by atoms with Gasteiger partial charge in [-0.1, -0.05) is 11.3 Å². The molecule has 0 spiro atoms. The molecule has 2 heterocycles. The number of urea groups is 1. The van der Waals surface area contributed by atoms with Crippen molar-refractivity contribution in [2.24, 2.45) is 5.92 Å². The quantitative estimate of drug-likeness (QED) is 0.818. The Morgan fingerprint density at radius 1 is 1.59 bits per heavy atom. The van der Waals surface area contributed by atoms with Gasteiger partial charge in [0.05, 0.1) is 5.92 Å². The third-order valence-corrected chi connectivity index (χ3v) is 3.24. The van der Waals surface area contributed by atoms with Crippen molar-refractivity contribution >= 4 is 28.5 Å². The topological polar surface area (TPSA) is 95.4 Å². The van der Waals surface area contributed by atoms with Crippen molar-refractivity contribution in [1.82, 2.24) is 15.1 Å². The number of hydrogen-bond acceptors (Lipinski definition) is 5. The minimum absolute atomic E-state index is 0.250. The van der Waals surface area contributed by atoms with Gasteiger partial charge in [0.1, 0.15) is 5.51 Å². The average molecular weight is 256 g/mol. The molecular formula is C9H12N4O3S. The zero-order valence-corrected chi connectivity index (χ0v) is 9.81. The first-order valence-electron chi connectivity index (χ1n) is 5.21. The number of likely N-dealkylation sites (tertiary alicyclic amines) is 1. The van der Waals surface area contributed by atoms with Gasteiger partial charge >= 0.3 is 12.0 Å². The van der Waals surface area contributed by atoms with E-state index in [1.807, 2.05) is 0 Å². The zero-order valence-electron chi connectivity index (χ0n) is 9.00. The minimum atomic E-state index is -0.849. The van der Waals surface area contributed by atoms with E-state index in [2.05, 4.69) is 15.5 Å². The lowest BCUT2D eigenvalue weighted by molar-refractivity contribution is -0.143. The van der Waals surface area contributed by atoms with Crippen molar-refractivity contribution in [1.29, 1.82) is 0 Å². The Balaban J connectivity index is 1.93. The second-order valence-electron chi connectivity index (χ2n) is 3.80. The average Bonchev–Trinajstić information content (AvgIpc) is 2.82. The Morgan fingerprint density at radius 3 is 3.06 bits per heavy atom. The number of carboxylic acids is 1. The highest BCUT2D eigenvalue weighted by Gasteiger charge is 2.28. The van der Waals surface area contributed by atoms with Crippen LogP contribution in [0.25, 0.3) is 0 Å². The number of carbonyl (C=O) groups excluding carboxylic acids is 1. The first-order chi connectivity index (χ1) is 8.16. The van der Waals surface area contributed by atoms with E-state index < -0.39 is 11.9 Å². The van der Waals surface area contributed by atoms with Crippen LogP contribution in [0.1, 0.15) is 12.8 Å². The molecule has 0 bridgehead atoms. The Kier molecular flexibility index (Phi) is 3.52. The minimum Gasteiger partial charge on any atom is -0.481 e. The molecule has 0 unspecified atom stereocenters. The Hall–Kier alpha value is -1.70. The lowest BCUT2D eigenvalue weighted by Gasteiger charge is -2.30. The highest BCUT2D eigenvalue weighted by atomic mass is 32.1. The van der Waals surface area contributed by atoms with Gasteiger partial charge in [-0.05, 0) is 12.8 Å². The second kappa shape index (κ2) is 5.09. The maximum Gasteiger partial charge on any atom is 0.323 e. The largest absolute Gasteiger partial charge is 0.481 e. The molecule has 1 aromatic heterocycles. The molecule has 0 aliphatic carbocycles. The van der Waals surface area contributed by atoms with Gasteiger partial charge < -0.3 is 10.0 Å². The lowest BCUT2D eigenvalue weighted by atomic mass is 9.99. The van der Waals surface area contributed by atoms with E-state index in [0.29, 0.717) is 24.5 Å². The van der Waals surface area contributed by atoms with Crippen molar-refractivity contribution in [2.45, 2.75) is 12.8 Å². The smallest absolute Gasteiger partial charge is 0.323 e. The summed E-state index contributed by atoms with van der Waals surface area (Å²) in [4.78, 5) is 24.2. The molecule has 2 N–H and O–H groups in total. The molecule has 7 nitrogen and oxygen atoms in total. The molecule has 0 aromatic carbocycles. The molecule has 2 rings (SSSR count).